The molecule has 1 saturated heterocycles. The van der Waals surface area contributed by atoms with Crippen molar-refractivity contribution >= 4 is 15.9 Å². The van der Waals surface area contributed by atoms with Crippen LogP contribution in [0, 0.1) is 5.41 Å². The normalized spacial score (nSPS) is 37.2. The minimum atomic E-state index is 0.546. The lowest BCUT2D eigenvalue weighted by molar-refractivity contribution is -0.103. The van der Waals surface area contributed by atoms with Crippen LogP contribution in [0.3, 0.4) is 0 Å². The predicted molar refractivity (Wildman–Crippen MR) is 73.6 cm³/mol. The Morgan fingerprint density at radius 2 is 2.00 bits per heavy atom. The highest BCUT2D eigenvalue weighted by atomic mass is 79.9. The molecule has 17 heavy (non-hydrogen) atoms. The first-order valence-corrected chi connectivity index (χ1v) is 8.37. The van der Waals surface area contributed by atoms with E-state index < -0.39 is 0 Å². The lowest BCUT2D eigenvalue weighted by Gasteiger charge is -2.50. The van der Waals surface area contributed by atoms with Crippen LogP contribution in [0.5, 0.6) is 0 Å². The molecule has 0 aromatic heterocycles. The SMILES string of the molecule is BrCC1(CN2CCOC3CCCCC32)CCC1. The van der Waals surface area contributed by atoms with Crippen molar-refractivity contribution in [3.8, 4) is 0 Å². The molecule has 3 aliphatic rings. The summed E-state index contributed by atoms with van der Waals surface area (Å²) in [5.74, 6) is 0. The van der Waals surface area contributed by atoms with Crippen LogP contribution >= 0.6 is 15.9 Å². The summed E-state index contributed by atoms with van der Waals surface area (Å²) >= 11 is 3.74. The summed E-state index contributed by atoms with van der Waals surface area (Å²) in [6.07, 6.45) is 10.3. The summed E-state index contributed by atoms with van der Waals surface area (Å²) in [6.45, 7) is 3.43. The molecule has 0 spiro atoms. The summed E-state index contributed by atoms with van der Waals surface area (Å²) in [7, 11) is 0. The van der Waals surface area contributed by atoms with Crippen LogP contribution in [-0.4, -0.2) is 42.1 Å². The quantitative estimate of drug-likeness (QED) is 0.742. The van der Waals surface area contributed by atoms with Crippen LogP contribution in [0.2, 0.25) is 0 Å². The van der Waals surface area contributed by atoms with Gasteiger partial charge in [-0.1, -0.05) is 35.2 Å². The van der Waals surface area contributed by atoms with Gasteiger partial charge >= 0.3 is 0 Å². The van der Waals surface area contributed by atoms with E-state index in [1.807, 2.05) is 0 Å². The van der Waals surface area contributed by atoms with Gasteiger partial charge in [0.05, 0.1) is 12.7 Å². The van der Waals surface area contributed by atoms with Crippen LogP contribution < -0.4 is 0 Å². The molecule has 98 valence electrons. The number of hydrogen-bond acceptors (Lipinski definition) is 2. The first-order chi connectivity index (χ1) is 8.33. The van der Waals surface area contributed by atoms with E-state index in [0.717, 1.165) is 19.2 Å². The Labute approximate surface area is 113 Å². The Hall–Kier alpha value is 0.400. The van der Waals surface area contributed by atoms with Crippen LogP contribution in [-0.2, 0) is 4.74 Å². The summed E-state index contributed by atoms with van der Waals surface area (Å²) in [5, 5.41) is 1.19. The average molecular weight is 302 g/mol. The van der Waals surface area contributed by atoms with E-state index in [1.165, 1.54) is 56.8 Å². The molecule has 2 nitrogen and oxygen atoms in total. The minimum Gasteiger partial charge on any atom is -0.375 e. The molecule has 3 heteroatoms. The number of morpholine rings is 1. The van der Waals surface area contributed by atoms with E-state index in [1.54, 1.807) is 0 Å². The van der Waals surface area contributed by atoms with E-state index in [-0.39, 0.29) is 0 Å². The van der Waals surface area contributed by atoms with Gasteiger partial charge in [-0.25, -0.2) is 0 Å². The molecule has 3 fully saturated rings. The Balaban J connectivity index is 1.64. The highest BCUT2D eigenvalue weighted by Gasteiger charge is 2.42. The van der Waals surface area contributed by atoms with E-state index in [9.17, 15) is 0 Å². The van der Waals surface area contributed by atoms with Crippen LogP contribution in [0.25, 0.3) is 0 Å². The Morgan fingerprint density at radius 1 is 1.18 bits per heavy atom. The molecule has 0 radical (unpaired) electrons. The van der Waals surface area contributed by atoms with E-state index >= 15 is 0 Å². The number of ether oxygens (including phenoxy) is 1. The third-order valence-corrected chi connectivity index (χ3v) is 6.27. The molecule has 1 aliphatic heterocycles. The topological polar surface area (TPSA) is 12.5 Å². The van der Waals surface area contributed by atoms with E-state index in [0.29, 0.717) is 11.5 Å². The minimum absolute atomic E-state index is 0.546. The molecule has 0 aromatic carbocycles. The standard InChI is InChI=1S/C14H24BrNO/c15-10-14(6-3-7-14)11-16-8-9-17-13-5-2-1-4-12(13)16/h12-13H,1-11H2. The highest BCUT2D eigenvalue weighted by Crippen LogP contribution is 2.44. The highest BCUT2D eigenvalue weighted by molar-refractivity contribution is 9.09. The molecule has 2 aliphatic carbocycles. The smallest absolute Gasteiger partial charge is 0.0730 e. The largest absolute Gasteiger partial charge is 0.375 e. The summed E-state index contributed by atoms with van der Waals surface area (Å²) < 4.78 is 5.96. The summed E-state index contributed by atoms with van der Waals surface area (Å²) in [4.78, 5) is 2.76. The Morgan fingerprint density at radius 3 is 2.71 bits per heavy atom. The van der Waals surface area contributed by atoms with Crippen molar-refractivity contribution in [3.05, 3.63) is 0 Å². The maximum Gasteiger partial charge on any atom is 0.0730 e. The number of alkyl halides is 1. The van der Waals surface area contributed by atoms with Crippen LogP contribution in [0.15, 0.2) is 0 Å². The van der Waals surface area contributed by atoms with Gasteiger partial charge in [0, 0.05) is 24.5 Å². The molecule has 0 amide bonds. The number of nitrogens with zero attached hydrogens (tertiary/aromatic N) is 1. The zero-order valence-corrected chi connectivity index (χ0v) is 12.3. The summed E-state index contributed by atoms with van der Waals surface area (Å²) in [6, 6.07) is 0.731. The fourth-order valence-electron chi connectivity index (χ4n) is 3.81. The monoisotopic (exact) mass is 301 g/mol. The van der Waals surface area contributed by atoms with E-state index in [4.69, 9.17) is 4.74 Å². The molecule has 1 heterocycles. The van der Waals surface area contributed by atoms with Crippen molar-refractivity contribution in [2.45, 2.75) is 57.1 Å². The third-order valence-electron chi connectivity index (χ3n) is 5.08. The van der Waals surface area contributed by atoms with Crippen molar-refractivity contribution in [2.75, 3.05) is 25.0 Å². The number of fused-ring (bicyclic) bond motifs is 1. The zero-order valence-electron chi connectivity index (χ0n) is 10.7. The molecule has 0 N–H and O–H groups in total. The average Bonchev–Trinajstić information content (AvgIpc) is 2.34. The number of rotatable bonds is 3. The van der Waals surface area contributed by atoms with Gasteiger partial charge in [0.2, 0.25) is 0 Å². The predicted octanol–water partition coefficient (Wildman–Crippen LogP) is 3.20. The molecular weight excluding hydrogens is 278 g/mol. The molecule has 2 unspecified atom stereocenters. The second-order valence-electron chi connectivity index (χ2n) is 6.22. The van der Waals surface area contributed by atoms with Gasteiger partial charge in [-0.15, -0.1) is 0 Å². The van der Waals surface area contributed by atoms with Crippen molar-refractivity contribution in [1.29, 1.82) is 0 Å². The summed E-state index contributed by atoms with van der Waals surface area (Å²) in [5.41, 5.74) is 0.597. The Bertz CT molecular complexity index is 259. The lowest BCUT2D eigenvalue weighted by atomic mass is 9.69. The van der Waals surface area contributed by atoms with Gasteiger partial charge in [0.25, 0.3) is 0 Å². The van der Waals surface area contributed by atoms with Gasteiger partial charge < -0.3 is 4.74 Å². The van der Waals surface area contributed by atoms with Crippen molar-refractivity contribution in [2.24, 2.45) is 5.41 Å². The first-order valence-electron chi connectivity index (χ1n) is 7.25. The van der Waals surface area contributed by atoms with Crippen molar-refractivity contribution in [1.82, 2.24) is 4.90 Å². The maximum atomic E-state index is 5.96. The molecule has 3 rings (SSSR count). The maximum absolute atomic E-state index is 5.96. The fraction of sp³-hybridized carbons (Fsp3) is 1.00. The zero-order chi connectivity index (χ0) is 11.7. The van der Waals surface area contributed by atoms with Crippen molar-refractivity contribution in [3.63, 3.8) is 0 Å². The second kappa shape index (κ2) is 5.18. The molecular formula is C14H24BrNO. The molecule has 0 aromatic rings. The lowest BCUT2D eigenvalue weighted by Crippen LogP contribution is -2.56. The van der Waals surface area contributed by atoms with Crippen molar-refractivity contribution < 1.29 is 4.74 Å². The van der Waals surface area contributed by atoms with Gasteiger partial charge in [-0.05, 0) is 31.1 Å². The van der Waals surface area contributed by atoms with Crippen LogP contribution in [0.4, 0.5) is 0 Å². The third kappa shape index (κ3) is 2.43. The molecule has 0 bridgehead atoms. The first kappa shape index (κ1) is 12.4. The fourth-order valence-corrected chi connectivity index (χ4v) is 4.55. The van der Waals surface area contributed by atoms with Gasteiger partial charge in [0.1, 0.15) is 0 Å². The second-order valence-corrected chi connectivity index (χ2v) is 6.78. The number of hydrogen-bond donors (Lipinski definition) is 0. The Kier molecular flexibility index (Phi) is 3.79. The molecule has 2 atom stereocenters. The van der Waals surface area contributed by atoms with Gasteiger partial charge in [-0.2, -0.15) is 0 Å². The number of halogens is 1. The van der Waals surface area contributed by atoms with Gasteiger partial charge in [-0.3, -0.25) is 4.90 Å². The van der Waals surface area contributed by atoms with E-state index in [2.05, 4.69) is 20.8 Å². The molecule has 2 saturated carbocycles. The van der Waals surface area contributed by atoms with Crippen LogP contribution in [0.1, 0.15) is 44.9 Å². The van der Waals surface area contributed by atoms with Gasteiger partial charge in [0.15, 0.2) is 0 Å².